The number of rotatable bonds is 4. The zero-order chi connectivity index (χ0) is 12.0. The number of hydrogen-bond acceptors (Lipinski definition) is 4. The van der Waals surface area contributed by atoms with Crippen molar-refractivity contribution in [3.05, 3.63) is 17.3 Å². The highest BCUT2D eigenvalue weighted by Gasteiger charge is 2.34. The third kappa shape index (κ3) is 1.83. The Bertz CT molecular complexity index is 533. The van der Waals surface area contributed by atoms with E-state index in [9.17, 15) is 5.11 Å². The van der Waals surface area contributed by atoms with Crippen molar-refractivity contribution in [3.8, 4) is 0 Å². The number of anilines is 1. The summed E-state index contributed by atoms with van der Waals surface area (Å²) in [6.07, 6.45) is 3.29. The first-order chi connectivity index (χ1) is 8.20. The molecule has 3 rings (SSSR count). The van der Waals surface area contributed by atoms with Crippen molar-refractivity contribution in [1.29, 1.82) is 0 Å². The van der Waals surface area contributed by atoms with Crippen molar-refractivity contribution in [2.45, 2.75) is 20.0 Å². The SMILES string of the molecule is CC1CC1CN(C)c1nc2sccn2c1CO. The molecule has 0 spiro atoms. The van der Waals surface area contributed by atoms with Crippen molar-refractivity contribution in [3.63, 3.8) is 0 Å². The smallest absolute Gasteiger partial charge is 0.195 e. The van der Waals surface area contributed by atoms with Crippen LogP contribution in [0.25, 0.3) is 4.96 Å². The van der Waals surface area contributed by atoms with E-state index in [1.807, 2.05) is 16.0 Å². The van der Waals surface area contributed by atoms with E-state index in [0.717, 1.165) is 34.9 Å². The second-order valence-corrected chi connectivity index (χ2v) is 5.82. The highest BCUT2D eigenvalue weighted by molar-refractivity contribution is 7.15. The monoisotopic (exact) mass is 251 g/mol. The second-order valence-electron chi connectivity index (χ2n) is 4.95. The molecule has 2 heterocycles. The first kappa shape index (κ1) is 11.0. The zero-order valence-electron chi connectivity index (χ0n) is 10.1. The van der Waals surface area contributed by atoms with Gasteiger partial charge in [0.2, 0.25) is 0 Å². The topological polar surface area (TPSA) is 40.8 Å². The lowest BCUT2D eigenvalue weighted by molar-refractivity contribution is 0.276. The van der Waals surface area contributed by atoms with Crippen LogP contribution in [0, 0.1) is 11.8 Å². The van der Waals surface area contributed by atoms with E-state index in [4.69, 9.17) is 0 Å². The van der Waals surface area contributed by atoms with Gasteiger partial charge in [0.1, 0.15) is 0 Å². The minimum Gasteiger partial charge on any atom is -0.390 e. The molecular weight excluding hydrogens is 234 g/mol. The maximum atomic E-state index is 9.49. The van der Waals surface area contributed by atoms with Crippen molar-refractivity contribution in [2.75, 3.05) is 18.5 Å². The van der Waals surface area contributed by atoms with E-state index in [0.29, 0.717) is 0 Å². The van der Waals surface area contributed by atoms with Crippen LogP contribution in [0.4, 0.5) is 5.82 Å². The Morgan fingerprint density at radius 2 is 2.41 bits per heavy atom. The lowest BCUT2D eigenvalue weighted by Crippen LogP contribution is -2.22. The minimum atomic E-state index is 0.0395. The summed E-state index contributed by atoms with van der Waals surface area (Å²) in [4.78, 5) is 7.73. The van der Waals surface area contributed by atoms with Crippen molar-refractivity contribution >= 4 is 22.1 Å². The average molecular weight is 251 g/mol. The number of imidazole rings is 1. The van der Waals surface area contributed by atoms with E-state index in [1.165, 1.54) is 6.42 Å². The predicted octanol–water partition coefficient (Wildman–Crippen LogP) is 1.98. The Morgan fingerprint density at radius 3 is 3.06 bits per heavy atom. The fraction of sp³-hybridized carbons (Fsp3) is 0.583. The van der Waals surface area contributed by atoms with Gasteiger partial charge in [-0.3, -0.25) is 4.40 Å². The summed E-state index contributed by atoms with van der Waals surface area (Å²) in [6.45, 7) is 3.37. The zero-order valence-corrected chi connectivity index (χ0v) is 10.9. The molecule has 2 aromatic rings. The molecule has 4 nitrogen and oxygen atoms in total. The van der Waals surface area contributed by atoms with E-state index in [-0.39, 0.29) is 6.61 Å². The highest BCUT2D eigenvalue weighted by atomic mass is 32.1. The van der Waals surface area contributed by atoms with Crippen LogP contribution in [0.5, 0.6) is 0 Å². The van der Waals surface area contributed by atoms with E-state index >= 15 is 0 Å². The number of fused-ring (bicyclic) bond motifs is 1. The van der Waals surface area contributed by atoms with Crippen LogP contribution in [-0.4, -0.2) is 28.1 Å². The molecule has 5 heteroatoms. The Labute approximate surface area is 105 Å². The molecule has 1 N–H and O–H groups in total. The summed E-state index contributed by atoms with van der Waals surface area (Å²) < 4.78 is 1.98. The second kappa shape index (κ2) is 3.99. The molecule has 1 saturated carbocycles. The largest absolute Gasteiger partial charge is 0.390 e. The molecule has 2 aromatic heterocycles. The molecular formula is C12H17N3OS. The van der Waals surface area contributed by atoms with E-state index in [1.54, 1.807) is 11.3 Å². The third-order valence-electron chi connectivity index (χ3n) is 3.64. The third-order valence-corrected chi connectivity index (χ3v) is 4.39. The molecule has 0 radical (unpaired) electrons. The molecule has 0 amide bonds. The van der Waals surface area contributed by atoms with Gasteiger partial charge < -0.3 is 10.0 Å². The molecule has 1 aliphatic rings. The summed E-state index contributed by atoms with van der Waals surface area (Å²) in [5.41, 5.74) is 0.900. The standard InChI is InChI=1S/C12H17N3OS/c1-8-5-9(8)6-14(2)11-10(7-16)15-3-4-17-12(15)13-11/h3-4,8-9,16H,5-7H2,1-2H3. The van der Waals surface area contributed by atoms with Crippen LogP contribution in [0.1, 0.15) is 19.0 Å². The van der Waals surface area contributed by atoms with Crippen LogP contribution in [0.2, 0.25) is 0 Å². The normalized spacial score (nSPS) is 23.2. The van der Waals surface area contributed by atoms with Crippen LogP contribution >= 0.6 is 11.3 Å². The Kier molecular flexibility index (Phi) is 2.60. The van der Waals surface area contributed by atoms with Gasteiger partial charge in [-0.15, -0.1) is 11.3 Å². The van der Waals surface area contributed by atoms with Gasteiger partial charge in [0.15, 0.2) is 10.8 Å². The van der Waals surface area contributed by atoms with Gasteiger partial charge in [0, 0.05) is 25.2 Å². The van der Waals surface area contributed by atoms with Gasteiger partial charge in [-0.05, 0) is 18.3 Å². The van der Waals surface area contributed by atoms with Crippen molar-refractivity contribution < 1.29 is 5.11 Å². The Balaban J connectivity index is 1.89. The van der Waals surface area contributed by atoms with Gasteiger partial charge >= 0.3 is 0 Å². The Morgan fingerprint density at radius 1 is 1.65 bits per heavy atom. The summed E-state index contributed by atoms with van der Waals surface area (Å²) >= 11 is 1.60. The number of aliphatic hydroxyl groups is 1. The molecule has 1 fully saturated rings. The lowest BCUT2D eigenvalue weighted by Gasteiger charge is -2.17. The molecule has 2 atom stereocenters. The van der Waals surface area contributed by atoms with Gasteiger partial charge in [0.25, 0.3) is 0 Å². The summed E-state index contributed by atoms with van der Waals surface area (Å²) in [5.74, 6) is 2.57. The maximum absolute atomic E-state index is 9.49. The number of hydrogen-bond donors (Lipinski definition) is 1. The fourth-order valence-corrected chi connectivity index (χ4v) is 3.09. The predicted molar refractivity (Wildman–Crippen MR) is 69.5 cm³/mol. The lowest BCUT2D eigenvalue weighted by atomic mass is 10.3. The first-order valence-corrected chi connectivity index (χ1v) is 6.85. The van der Waals surface area contributed by atoms with Crippen molar-refractivity contribution in [1.82, 2.24) is 9.38 Å². The number of aliphatic hydroxyl groups excluding tert-OH is 1. The number of nitrogens with zero attached hydrogens (tertiary/aromatic N) is 3. The molecule has 0 saturated heterocycles. The quantitative estimate of drug-likeness (QED) is 0.903. The van der Waals surface area contributed by atoms with Gasteiger partial charge in [0.05, 0.1) is 12.3 Å². The Hall–Kier alpha value is -1.07. The minimum absolute atomic E-state index is 0.0395. The maximum Gasteiger partial charge on any atom is 0.195 e. The van der Waals surface area contributed by atoms with Gasteiger partial charge in [-0.25, -0.2) is 4.98 Å². The molecule has 0 bridgehead atoms. The summed E-state index contributed by atoms with van der Waals surface area (Å²) in [6, 6.07) is 0. The van der Waals surface area contributed by atoms with Crippen LogP contribution in [0.15, 0.2) is 11.6 Å². The molecule has 1 aliphatic carbocycles. The van der Waals surface area contributed by atoms with E-state index < -0.39 is 0 Å². The molecule has 0 aromatic carbocycles. The molecule has 0 aliphatic heterocycles. The number of aromatic nitrogens is 2. The average Bonchev–Trinajstić information content (AvgIpc) is 2.75. The number of thiazole rings is 1. The van der Waals surface area contributed by atoms with Crippen molar-refractivity contribution in [2.24, 2.45) is 11.8 Å². The van der Waals surface area contributed by atoms with Gasteiger partial charge in [-0.2, -0.15) is 0 Å². The van der Waals surface area contributed by atoms with Crippen LogP contribution < -0.4 is 4.90 Å². The molecule has 2 unspecified atom stereocenters. The molecule has 17 heavy (non-hydrogen) atoms. The van der Waals surface area contributed by atoms with Crippen LogP contribution in [-0.2, 0) is 6.61 Å². The van der Waals surface area contributed by atoms with Crippen LogP contribution in [0.3, 0.4) is 0 Å². The van der Waals surface area contributed by atoms with Gasteiger partial charge in [-0.1, -0.05) is 6.92 Å². The fourth-order valence-electron chi connectivity index (χ4n) is 2.37. The first-order valence-electron chi connectivity index (χ1n) is 5.97. The van der Waals surface area contributed by atoms with E-state index in [2.05, 4.69) is 23.9 Å². The summed E-state index contributed by atoms with van der Waals surface area (Å²) in [5, 5.41) is 11.5. The summed E-state index contributed by atoms with van der Waals surface area (Å²) in [7, 11) is 2.07. The molecule has 92 valence electrons. The highest BCUT2D eigenvalue weighted by Crippen LogP contribution is 2.39.